The molecule has 2 heterocycles. The summed E-state index contributed by atoms with van der Waals surface area (Å²) in [7, 11) is -3.02. The molecule has 0 bridgehead atoms. The zero-order chi connectivity index (χ0) is 27.4. The molecule has 8 nitrogen and oxygen atoms in total. The molecule has 4 aromatic rings. The predicted octanol–water partition coefficient (Wildman–Crippen LogP) is 4.56. The van der Waals surface area contributed by atoms with Crippen LogP contribution in [0.25, 0.3) is 33.4 Å². The second kappa shape index (κ2) is 11.4. The molecule has 1 saturated heterocycles. The van der Waals surface area contributed by atoms with Crippen molar-refractivity contribution in [3.05, 3.63) is 72.4 Å². The van der Waals surface area contributed by atoms with Crippen LogP contribution in [0.4, 0.5) is 0 Å². The number of sulfone groups is 1. The molecule has 39 heavy (non-hydrogen) atoms. The van der Waals surface area contributed by atoms with Crippen LogP contribution < -0.4 is 9.47 Å². The summed E-state index contributed by atoms with van der Waals surface area (Å²) in [5.41, 5.74) is 5.95. The van der Waals surface area contributed by atoms with Crippen molar-refractivity contribution in [2.75, 3.05) is 37.8 Å². The number of fused-ring (bicyclic) bond motifs is 1. The average Bonchev–Trinajstić information content (AvgIpc) is 2.94. The van der Waals surface area contributed by atoms with Crippen molar-refractivity contribution in [2.24, 2.45) is 0 Å². The van der Waals surface area contributed by atoms with E-state index in [0.29, 0.717) is 24.7 Å². The third-order valence-corrected chi connectivity index (χ3v) is 8.34. The van der Waals surface area contributed by atoms with Crippen molar-refractivity contribution < 1.29 is 22.7 Å². The average molecular weight is 546 g/mol. The highest BCUT2D eigenvalue weighted by Gasteiger charge is 2.25. The molecule has 1 aliphatic heterocycles. The Hall–Kier alpha value is -3.98. The van der Waals surface area contributed by atoms with Crippen LogP contribution in [-0.2, 0) is 21.1 Å². The molecule has 0 aliphatic carbocycles. The lowest BCUT2D eigenvalue weighted by Gasteiger charge is -2.26. The summed E-state index contributed by atoms with van der Waals surface area (Å²) in [6.07, 6.45) is 2.00. The van der Waals surface area contributed by atoms with E-state index in [1.54, 1.807) is 11.1 Å². The van der Waals surface area contributed by atoms with Gasteiger partial charge in [-0.25, -0.2) is 13.4 Å². The summed E-state index contributed by atoms with van der Waals surface area (Å²) in [5, 5.41) is 0. The predicted molar refractivity (Wildman–Crippen MR) is 152 cm³/mol. The SMILES string of the molecule is CCOc1ccc(-c2cnc3cccc(-c4ccc(CC(=O)N5CCS(=O)(=O)CC5)cc4)c3n2)cc1OCC. The molecule has 1 fully saturated rings. The van der Waals surface area contributed by atoms with Crippen LogP contribution >= 0.6 is 0 Å². The second-order valence-corrected chi connectivity index (χ2v) is 11.7. The Morgan fingerprint density at radius 1 is 0.897 bits per heavy atom. The van der Waals surface area contributed by atoms with Crippen LogP contribution in [0, 0.1) is 0 Å². The fourth-order valence-corrected chi connectivity index (χ4v) is 5.87. The van der Waals surface area contributed by atoms with Crippen molar-refractivity contribution in [1.29, 1.82) is 0 Å². The highest BCUT2D eigenvalue weighted by molar-refractivity contribution is 7.91. The van der Waals surface area contributed by atoms with E-state index in [1.807, 2.05) is 74.5 Å². The van der Waals surface area contributed by atoms with Gasteiger partial charge in [-0.2, -0.15) is 0 Å². The van der Waals surface area contributed by atoms with Crippen LogP contribution in [0.15, 0.2) is 66.9 Å². The van der Waals surface area contributed by atoms with Gasteiger partial charge in [-0.05, 0) is 49.2 Å². The van der Waals surface area contributed by atoms with E-state index in [9.17, 15) is 13.2 Å². The summed E-state index contributed by atoms with van der Waals surface area (Å²) >= 11 is 0. The molecule has 0 atom stereocenters. The number of ether oxygens (including phenoxy) is 2. The van der Waals surface area contributed by atoms with Crippen LogP contribution in [0.3, 0.4) is 0 Å². The van der Waals surface area contributed by atoms with E-state index in [1.165, 1.54) is 0 Å². The first-order valence-corrected chi connectivity index (χ1v) is 14.9. The maximum absolute atomic E-state index is 12.7. The summed E-state index contributed by atoms with van der Waals surface area (Å²) in [6, 6.07) is 19.5. The van der Waals surface area contributed by atoms with E-state index in [0.717, 1.165) is 39.0 Å². The number of carbonyl (C=O) groups is 1. The molecule has 0 unspecified atom stereocenters. The first-order valence-electron chi connectivity index (χ1n) is 13.1. The maximum atomic E-state index is 12.7. The molecule has 0 spiro atoms. The number of para-hydroxylation sites is 1. The Balaban J connectivity index is 1.40. The molecule has 202 valence electrons. The van der Waals surface area contributed by atoms with Crippen molar-refractivity contribution in [3.63, 3.8) is 0 Å². The Bertz CT molecular complexity index is 1590. The monoisotopic (exact) mass is 545 g/mol. The van der Waals surface area contributed by atoms with E-state index in [4.69, 9.17) is 14.5 Å². The van der Waals surface area contributed by atoms with E-state index in [-0.39, 0.29) is 36.9 Å². The zero-order valence-electron chi connectivity index (χ0n) is 22.1. The molecule has 1 amide bonds. The lowest BCUT2D eigenvalue weighted by molar-refractivity contribution is -0.130. The fourth-order valence-electron chi connectivity index (χ4n) is 4.67. The van der Waals surface area contributed by atoms with Crippen LogP contribution in [-0.4, -0.2) is 67.0 Å². The third kappa shape index (κ3) is 6.04. The third-order valence-electron chi connectivity index (χ3n) is 6.73. The van der Waals surface area contributed by atoms with Crippen molar-refractivity contribution in [1.82, 2.24) is 14.9 Å². The molecule has 1 aromatic heterocycles. The largest absolute Gasteiger partial charge is 0.490 e. The first-order chi connectivity index (χ1) is 18.9. The topological polar surface area (TPSA) is 98.7 Å². The zero-order valence-corrected chi connectivity index (χ0v) is 22.9. The molecule has 0 radical (unpaired) electrons. The minimum absolute atomic E-state index is 0.0331. The maximum Gasteiger partial charge on any atom is 0.227 e. The minimum atomic E-state index is -3.02. The quantitative estimate of drug-likeness (QED) is 0.320. The van der Waals surface area contributed by atoms with E-state index < -0.39 is 9.84 Å². The Kier molecular flexibility index (Phi) is 7.79. The second-order valence-electron chi connectivity index (χ2n) is 9.36. The smallest absolute Gasteiger partial charge is 0.227 e. The number of carbonyl (C=O) groups excluding carboxylic acids is 1. The summed E-state index contributed by atoms with van der Waals surface area (Å²) in [6.45, 7) is 5.47. The number of aromatic nitrogens is 2. The van der Waals surface area contributed by atoms with Gasteiger partial charge in [0.15, 0.2) is 21.3 Å². The van der Waals surface area contributed by atoms with Gasteiger partial charge in [0.05, 0.1) is 54.1 Å². The van der Waals surface area contributed by atoms with Gasteiger partial charge in [0, 0.05) is 24.2 Å². The van der Waals surface area contributed by atoms with Gasteiger partial charge in [0.25, 0.3) is 0 Å². The number of benzene rings is 3. The van der Waals surface area contributed by atoms with Crippen LogP contribution in [0.2, 0.25) is 0 Å². The number of hydrogen-bond donors (Lipinski definition) is 0. The van der Waals surface area contributed by atoms with Crippen molar-refractivity contribution in [3.8, 4) is 33.9 Å². The molecule has 0 N–H and O–H groups in total. The number of amides is 1. The minimum Gasteiger partial charge on any atom is -0.490 e. The van der Waals surface area contributed by atoms with Crippen LogP contribution in [0.5, 0.6) is 11.5 Å². The molecule has 3 aromatic carbocycles. The van der Waals surface area contributed by atoms with Crippen molar-refractivity contribution in [2.45, 2.75) is 20.3 Å². The van der Waals surface area contributed by atoms with Gasteiger partial charge in [0.2, 0.25) is 5.91 Å². The van der Waals surface area contributed by atoms with Crippen molar-refractivity contribution >= 4 is 26.8 Å². The van der Waals surface area contributed by atoms with Gasteiger partial charge in [-0.15, -0.1) is 0 Å². The fraction of sp³-hybridized carbons (Fsp3) is 0.300. The highest BCUT2D eigenvalue weighted by Crippen LogP contribution is 2.34. The Morgan fingerprint density at radius 3 is 2.31 bits per heavy atom. The number of nitrogens with zero attached hydrogens (tertiary/aromatic N) is 3. The standard InChI is InChI=1S/C30H31N3O5S/c1-3-37-27-13-12-23(19-28(27)38-4-2)26-20-31-25-7-5-6-24(30(25)32-26)22-10-8-21(9-11-22)18-29(34)33-14-16-39(35,36)17-15-33/h5-13,19-20H,3-4,14-18H2,1-2H3. The molecule has 1 aliphatic rings. The highest BCUT2D eigenvalue weighted by atomic mass is 32.2. The molecule has 9 heteroatoms. The molecular weight excluding hydrogens is 514 g/mol. The van der Waals surface area contributed by atoms with Crippen LogP contribution in [0.1, 0.15) is 19.4 Å². The lowest BCUT2D eigenvalue weighted by Crippen LogP contribution is -2.44. The number of hydrogen-bond acceptors (Lipinski definition) is 7. The van der Waals surface area contributed by atoms with E-state index >= 15 is 0 Å². The molecular formula is C30H31N3O5S. The summed E-state index contributed by atoms with van der Waals surface area (Å²) in [4.78, 5) is 24.0. The normalized spacial score (nSPS) is 14.8. The van der Waals surface area contributed by atoms with Gasteiger partial charge in [0.1, 0.15) is 0 Å². The first kappa shape index (κ1) is 26.6. The Morgan fingerprint density at radius 2 is 1.59 bits per heavy atom. The lowest BCUT2D eigenvalue weighted by atomic mass is 10.0. The molecule has 0 saturated carbocycles. The van der Waals surface area contributed by atoms with Gasteiger partial charge < -0.3 is 14.4 Å². The molecule has 5 rings (SSSR count). The number of rotatable bonds is 8. The summed E-state index contributed by atoms with van der Waals surface area (Å²) in [5.74, 6) is 1.38. The van der Waals surface area contributed by atoms with Gasteiger partial charge >= 0.3 is 0 Å². The Labute approximate surface area is 228 Å². The van der Waals surface area contributed by atoms with Gasteiger partial charge in [-0.3, -0.25) is 9.78 Å². The summed E-state index contributed by atoms with van der Waals surface area (Å²) < 4.78 is 34.8. The van der Waals surface area contributed by atoms with E-state index in [2.05, 4.69) is 4.98 Å². The van der Waals surface area contributed by atoms with Gasteiger partial charge in [-0.1, -0.05) is 36.4 Å².